The van der Waals surface area contributed by atoms with E-state index in [-0.39, 0.29) is 6.54 Å². The normalized spacial score (nSPS) is 16.5. The third-order valence-electron chi connectivity index (χ3n) is 4.34. The number of carbonyl (C=O) groups is 2. The number of aliphatic hydroxyl groups excluding tert-OH is 2. The van der Waals surface area contributed by atoms with Crippen molar-refractivity contribution in [2.24, 2.45) is 0 Å². The number of rotatable bonds is 7. The van der Waals surface area contributed by atoms with Gasteiger partial charge in [0.25, 0.3) is 11.8 Å². The summed E-state index contributed by atoms with van der Waals surface area (Å²) in [6.07, 6.45) is -0.854. The van der Waals surface area contributed by atoms with Gasteiger partial charge in [0.05, 0.1) is 6.54 Å². The second-order valence-corrected chi connectivity index (χ2v) is 8.35. The summed E-state index contributed by atoms with van der Waals surface area (Å²) in [4.78, 5) is 27.8. The van der Waals surface area contributed by atoms with Gasteiger partial charge in [0, 0.05) is 29.3 Å². The van der Waals surface area contributed by atoms with Gasteiger partial charge in [-0.25, -0.2) is 0 Å². The number of amides is 2. The standard InChI is InChI=1S/C18H22N2O4S2/c21-15(16(22)18(24)20-5-1-2-6-20)17(23)19-10-14-9-12(11-26-14)8-13-4-3-7-25-13/h3-4,7,9,11,15-16,21-22H,1-2,5-6,8,10H2,(H,19,23). The first-order valence-corrected chi connectivity index (χ1v) is 10.3. The average Bonchev–Trinajstić information content (AvgIpc) is 3.40. The van der Waals surface area contributed by atoms with E-state index in [1.807, 2.05) is 22.9 Å². The summed E-state index contributed by atoms with van der Waals surface area (Å²) in [5, 5.41) is 26.6. The number of aliphatic hydroxyl groups is 2. The molecule has 0 radical (unpaired) electrons. The fraction of sp³-hybridized carbons (Fsp3) is 0.444. The van der Waals surface area contributed by atoms with Crippen molar-refractivity contribution in [3.8, 4) is 0 Å². The predicted octanol–water partition coefficient (Wildman–Crippen LogP) is 1.36. The van der Waals surface area contributed by atoms with Crippen LogP contribution < -0.4 is 5.32 Å². The molecule has 0 bridgehead atoms. The van der Waals surface area contributed by atoms with Crippen LogP contribution in [0.25, 0.3) is 0 Å². The van der Waals surface area contributed by atoms with Gasteiger partial charge in [0.1, 0.15) is 0 Å². The molecule has 6 nitrogen and oxygen atoms in total. The van der Waals surface area contributed by atoms with Crippen molar-refractivity contribution in [2.45, 2.75) is 38.0 Å². The lowest BCUT2D eigenvalue weighted by Crippen LogP contribution is -2.50. The van der Waals surface area contributed by atoms with Crippen molar-refractivity contribution >= 4 is 34.5 Å². The van der Waals surface area contributed by atoms with Crippen LogP contribution in [0, 0.1) is 0 Å². The summed E-state index contributed by atoms with van der Waals surface area (Å²) in [6, 6.07) is 6.12. The van der Waals surface area contributed by atoms with Gasteiger partial charge in [-0.2, -0.15) is 0 Å². The summed E-state index contributed by atoms with van der Waals surface area (Å²) in [5.41, 5.74) is 1.17. The molecular weight excluding hydrogens is 372 g/mol. The van der Waals surface area contributed by atoms with Gasteiger partial charge in [-0.3, -0.25) is 9.59 Å². The topological polar surface area (TPSA) is 89.9 Å². The first-order chi connectivity index (χ1) is 12.5. The third kappa shape index (κ3) is 4.70. The average molecular weight is 395 g/mol. The Kier molecular flexibility index (Phi) is 6.42. The maximum Gasteiger partial charge on any atom is 0.254 e. The summed E-state index contributed by atoms with van der Waals surface area (Å²) < 4.78 is 0. The minimum atomic E-state index is -1.76. The summed E-state index contributed by atoms with van der Waals surface area (Å²) in [6.45, 7) is 1.38. The third-order valence-corrected chi connectivity index (χ3v) is 6.20. The lowest BCUT2D eigenvalue weighted by atomic mass is 10.1. The Hall–Kier alpha value is -1.74. The Morgan fingerprint density at radius 1 is 1.15 bits per heavy atom. The Balaban J connectivity index is 1.48. The number of nitrogens with one attached hydrogen (secondary N) is 1. The molecule has 3 N–H and O–H groups in total. The highest BCUT2D eigenvalue weighted by Crippen LogP contribution is 2.20. The highest BCUT2D eigenvalue weighted by Gasteiger charge is 2.34. The van der Waals surface area contributed by atoms with Crippen molar-refractivity contribution in [2.75, 3.05) is 13.1 Å². The van der Waals surface area contributed by atoms with E-state index in [0.29, 0.717) is 13.1 Å². The van der Waals surface area contributed by atoms with Gasteiger partial charge in [-0.05, 0) is 41.3 Å². The largest absolute Gasteiger partial charge is 0.380 e. The Morgan fingerprint density at radius 2 is 1.92 bits per heavy atom. The molecule has 1 fully saturated rings. The van der Waals surface area contributed by atoms with Gasteiger partial charge >= 0.3 is 0 Å². The predicted molar refractivity (Wildman–Crippen MR) is 101 cm³/mol. The molecular formula is C18H22N2O4S2. The van der Waals surface area contributed by atoms with Crippen molar-refractivity contribution in [1.29, 1.82) is 0 Å². The molecule has 3 rings (SSSR count). The number of hydrogen-bond donors (Lipinski definition) is 3. The molecule has 8 heteroatoms. The van der Waals surface area contributed by atoms with Crippen LogP contribution in [0.1, 0.15) is 28.2 Å². The van der Waals surface area contributed by atoms with Gasteiger partial charge in [-0.15, -0.1) is 22.7 Å². The fourth-order valence-corrected chi connectivity index (χ4v) is 4.48. The van der Waals surface area contributed by atoms with E-state index in [9.17, 15) is 19.8 Å². The molecule has 2 aromatic rings. The van der Waals surface area contributed by atoms with Crippen molar-refractivity contribution in [1.82, 2.24) is 10.2 Å². The maximum atomic E-state index is 12.1. The van der Waals surface area contributed by atoms with Gasteiger partial charge in [0.2, 0.25) is 0 Å². The Labute approximate surface area is 160 Å². The first kappa shape index (κ1) is 19.0. The van der Waals surface area contributed by atoms with Crippen LogP contribution in [-0.4, -0.2) is 52.2 Å². The summed E-state index contributed by atoms with van der Waals surface area (Å²) in [5.74, 6) is -1.32. The van der Waals surface area contributed by atoms with Crippen LogP contribution in [0.2, 0.25) is 0 Å². The lowest BCUT2D eigenvalue weighted by Gasteiger charge is -2.22. The molecule has 2 aromatic heterocycles. The van der Waals surface area contributed by atoms with Gasteiger partial charge < -0.3 is 20.4 Å². The molecule has 3 heterocycles. The second kappa shape index (κ2) is 8.77. The zero-order valence-corrected chi connectivity index (χ0v) is 15.9. The fourth-order valence-electron chi connectivity index (χ4n) is 2.91. The molecule has 0 aliphatic carbocycles. The van der Waals surface area contributed by atoms with Crippen LogP contribution in [-0.2, 0) is 22.6 Å². The molecule has 0 saturated carbocycles. The van der Waals surface area contributed by atoms with E-state index in [0.717, 1.165) is 24.1 Å². The number of hydrogen-bond acceptors (Lipinski definition) is 6. The van der Waals surface area contributed by atoms with Crippen LogP contribution >= 0.6 is 22.7 Å². The molecule has 2 amide bonds. The van der Waals surface area contributed by atoms with Crippen molar-refractivity contribution in [3.05, 3.63) is 44.3 Å². The first-order valence-electron chi connectivity index (χ1n) is 8.56. The summed E-state index contributed by atoms with van der Waals surface area (Å²) >= 11 is 3.23. The monoisotopic (exact) mass is 394 g/mol. The molecule has 1 aliphatic rings. The molecule has 0 spiro atoms. The van der Waals surface area contributed by atoms with Crippen LogP contribution in [0.5, 0.6) is 0 Å². The zero-order chi connectivity index (χ0) is 18.5. The van der Waals surface area contributed by atoms with E-state index < -0.39 is 24.0 Å². The molecule has 1 saturated heterocycles. The number of nitrogens with zero attached hydrogens (tertiary/aromatic N) is 1. The molecule has 2 atom stereocenters. The number of carbonyl (C=O) groups excluding carboxylic acids is 2. The number of thiophene rings is 2. The van der Waals surface area contributed by atoms with E-state index in [1.54, 1.807) is 11.3 Å². The SMILES string of the molecule is O=C(NCc1cc(Cc2cccs2)cs1)C(O)C(O)C(=O)N1CCCC1. The highest BCUT2D eigenvalue weighted by atomic mass is 32.1. The Morgan fingerprint density at radius 3 is 2.62 bits per heavy atom. The molecule has 1 aliphatic heterocycles. The van der Waals surface area contributed by atoms with E-state index >= 15 is 0 Å². The smallest absolute Gasteiger partial charge is 0.254 e. The van der Waals surface area contributed by atoms with Crippen LogP contribution in [0.3, 0.4) is 0 Å². The Bertz CT molecular complexity index is 738. The van der Waals surface area contributed by atoms with Crippen molar-refractivity contribution < 1.29 is 19.8 Å². The maximum absolute atomic E-state index is 12.1. The second-order valence-electron chi connectivity index (χ2n) is 6.32. The highest BCUT2D eigenvalue weighted by molar-refractivity contribution is 7.10. The van der Waals surface area contributed by atoms with E-state index in [4.69, 9.17) is 0 Å². The number of likely N-dealkylation sites (tertiary alicyclic amines) is 1. The quantitative estimate of drug-likeness (QED) is 0.662. The summed E-state index contributed by atoms with van der Waals surface area (Å²) in [7, 11) is 0. The lowest BCUT2D eigenvalue weighted by molar-refractivity contribution is -0.152. The molecule has 0 aromatic carbocycles. The van der Waals surface area contributed by atoms with Gasteiger partial charge in [-0.1, -0.05) is 6.07 Å². The molecule has 26 heavy (non-hydrogen) atoms. The van der Waals surface area contributed by atoms with Crippen LogP contribution in [0.4, 0.5) is 0 Å². The molecule has 2 unspecified atom stereocenters. The van der Waals surface area contributed by atoms with E-state index in [1.165, 1.54) is 26.7 Å². The van der Waals surface area contributed by atoms with E-state index in [2.05, 4.69) is 11.4 Å². The molecule has 140 valence electrons. The minimum Gasteiger partial charge on any atom is -0.380 e. The van der Waals surface area contributed by atoms with Crippen molar-refractivity contribution in [3.63, 3.8) is 0 Å². The van der Waals surface area contributed by atoms with Crippen LogP contribution in [0.15, 0.2) is 29.0 Å². The zero-order valence-electron chi connectivity index (χ0n) is 14.3. The minimum absolute atomic E-state index is 0.260. The van der Waals surface area contributed by atoms with Gasteiger partial charge in [0.15, 0.2) is 12.2 Å².